The van der Waals surface area contributed by atoms with E-state index >= 15 is 0 Å². The highest BCUT2D eigenvalue weighted by molar-refractivity contribution is 6.30. The third kappa shape index (κ3) is 5.41. The van der Waals surface area contributed by atoms with E-state index in [0.717, 1.165) is 12.8 Å². The van der Waals surface area contributed by atoms with Gasteiger partial charge < -0.3 is 14.4 Å². The maximum atomic E-state index is 14.2. The Morgan fingerprint density at radius 3 is 2.59 bits per heavy atom. The van der Waals surface area contributed by atoms with E-state index in [9.17, 15) is 9.18 Å². The summed E-state index contributed by atoms with van der Waals surface area (Å²) < 4.78 is 27.4. The molecule has 0 bridgehead atoms. The summed E-state index contributed by atoms with van der Waals surface area (Å²) in [7, 11) is 0. The van der Waals surface area contributed by atoms with Crippen molar-refractivity contribution in [3.8, 4) is 5.88 Å². The number of aromatic nitrogens is 2. The number of hydrogen-bond acceptors (Lipinski definition) is 4. The Kier molecular flexibility index (Phi) is 6.36. The molecule has 0 saturated carbocycles. The van der Waals surface area contributed by atoms with Gasteiger partial charge >= 0.3 is 6.09 Å². The molecule has 1 saturated heterocycles. The summed E-state index contributed by atoms with van der Waals surface area (Å²) in [6, 6.07) is 6.41. The Balaban J connectivity index is 1.63. The van der Waals surface area contributed by atoms with Crippen LogP contribution in [-0.4, -0.2) is 39.5 Å². The highest BCUT2D eigenvalue weighted by Gasteiger charge is 2.29. The van der Waals surface area contributed by atoms with Gasteiger partial charge in [0.25, 0.3) is 0 Å². The van der Waals surface area contributed by atoms with Crippen molar-refractivity contribution >= 4 is 17.7 Å². The fourth-order valence-electron chi connectivity index (χ4n) is 3.36. The number of nitrogens with zero attached hydrogens (tertiary/aromatic N) is 3. The third-order valence-electron chi connectivity index (χ3n) is 4.79. The van der Waals surface area contributed by atoms with Gasteiger partial charge in [-0.15, -0.1) is 0 Å². The van der Waals surface area contributed by atoms with Crippen molar-refractivity contribution in [2.24, 2.45) is 0 Å². The van der Waals surface area contributed by atoms with Crippen molar-refractivity contribution in [2.75, 3.05) is 13.1 Å². The first-order valence-corrected chi connectivity index (χ1v) is 10.1. The number of ether oxygens (including phenoxy) is 2. The molecule has 6 nitrogen and oxygen atoms in total. The molecular formula is C21H27ClFN3O3. The Labute approximate surface area is 175 Å². The van der Waals surface area contributed by atoms with E-state index in [1.807, 2.05) is 25.5 Å². The molecule has 2 heterocycles. The zero-order chi connectivity index (χ0) is 21.2. The summed E-state index contributed by atoms with van der Waals surface area (Å²) in [6.45, 7) is 8.52. The molecule has 1 amide bonds. The molecule has 0 aliphatic carbocycles. The van der Waals surface area contributed by atoms with Crippen LogP contribution >= 0.6 is 11.6 Å². The largest absolute Gasteiger partial charge is 0.470 e. The van der Waals surface area contributed by atoms with Crippen molar-refractivity contribution in [1.29, 1.82) is 0 Å². The fraction of sp³-hybridized carbons (Fsp3) is 0.524. The van der Waals surface area contributed by atoms with Gasteiger partial charge in [-0.05, 0) is 52.7 Å². The van der Waals surface area contributed by atoms with Crippen LogP contribution in [0.1, 0.15) is 58.2 Å². The topological polar surface area (TPSA) is 56.6 Å². The Morgan fingerprint density at radius 2 is 1.97 bits per heavy atom. The van der Waals surface area contributed by atoms with E-state index in [1.54, 1.807) is 36.2 Å². The van der Waals surface area contributed by atoms with Crippen LogP contribution in [0.2, 0.25) is 5.02 Å². The van der Waals surface area contributed by atoms with Crippen molar-refractivity contribution < 1.29 is 18.7 Å². The smallest absolute Gasteiger partial charge is 0.410 e. The quantitative estimate of drug-likeness (QED) is 0.661. The lowest BCUT2D eigenvalue weighted by atomic mass is 10.1. The highest BCUT2D eigenvalue weighted by Crippen LogP contribution is 2.30. The second-order valence-electron chi connectivity index (χ2n) is 8.24. The molecule has 1 unspecified atom stereocenters. The zero-order valence-corrected chi connectivity index (χ0v) is 17.9. The van der Waals surface area contributed by atoms with Crippen LogP contribution in [0.4, 0.5) is 9.18 Å². The van der Waals surface area contributed by atoms with Gasteiger partial charge in [0, 0.05) is 29.7 Å². The van der Waals surface area contributed by atoms with E-state index in [2.05, 4.69) is 5.10 Å². The van der Waals surface area contributed by atoms with Gasteiger partial charge in [0.15, 0.2) is 0 Å². The van der Waals surface area contributed by atoms with Crippen LogP contribution in [0.3, 0.4) is 0 Å². The van der Waals surface area contributed by atoms with E-state index in [4.69, 9.17) is 21.1 Å². The minimum absolute atomic E-state index is 0.0981. The van der Waals surface area contributed by atoms with Gasteiger partial charge in [-0.3, -0.25) is 0 Å². The lowest BCUT2D eigenvalue weighted by Crippen LogP contribution is -2.42. The van der Waals surface area contributed by atoms with E-state index in [0.29, 0.717) is 29.6 Å². The summed E-state index contributed by atoms with van der Waals surface area (Å²) in [5.74, 6) is 0.171. The first-order chi connectivity index (χ1) is 13.6. The summed E-state index contributed by atoms with van der Waals surface area (Å²) >= 11 is 5.83. The van der Waals surface area contributed by atoms with Crippen molar-refractivity contribution in [3.05, 3.63) is 46.9 Å². The molecule has 2 aromatic rings. The third-order valence-corrected chi connectivity index (χ3v) is 5.03. The number of rotatable bonds is 4. The average Bonchev–Trinajstić information content (AvgIpc) is 3.08. The van der Waals surface area contributed by atoms with Crippen LogP contribution in [0.5, 0.6) is 5.88 Å². The van der Waals surface area contributed by atoms with Crippen molar-refractivity contribution in [3.63, 3.8) is 0 Å². The molecule has 3 rings (SSSR count). The summed E-state index contributed by atoms with van der Waals surface area (Å²) in [4.78, 5) is 14.0. The molecule has 1 aromatic carbocycles. The van der Waals surface area contributed by atoms with Gasteiger partial charge in [0.2, 0.25) is 5.88 Å². The molecule has 29 heavy (non-hydrogen) atoms. The zero-order valence-electron chi connectivity index (χ0n) is 17.2. The standard InChI is InChI=1S/C21H27ClFN3O3/c1-14(17-6-5-15(22)13-18(17)23)28-19-7-10-24-26(19)16-8-11-25(12-9-16)20(27)29-21(2,3)4/h5-7,10,13-14,16H,8-9,11-12H2,1-4H3. The fourth-order valence-corrected chi connectivity index (χ4v) is 3.52. The summed E-state index contributed by atoms with van der Waals surface area (Å²) in [6.07, 6.45) is 2.35. The molecule has 1 aliphatic rings. The Morgan fingerprint density at radius 1 is 1.28 bits per heavy atom. The van der Waals surface area contributed by atoms with Gasteiger partial charge in [-0.1, -0.05) is 17.7 Å². The predicted octanol–water partition coefficient (Wildman–Crippen LogP) is 5.39. The number of halogens is 2. The number of piperidine rings is 1. The monoisotopic (exact) mass is 423 g/mol. The second kappa shape index (κ2) is 8.61. The average molecular weight is 424 g/mol. The molecule has 1 aliphatic heterocycles. The van der Waals surface area contributed by atoms with Crippen LogP contribution < -0.4 is 4.74 Å². The number of carbonyl (C=O) groups is 1. The second-order valence-corrected chi connectivity index (χ2v) is 8.67. The number of carbonyl (C=O) groups excluding carboxylic acids is 1. The lowest BCUT2D eigenvalue weighted by molar-refractivity contribution is 0.0181. The molecule has 1 atom stereocenters. The molecule has 0 spiro atoms. The van der Waals surface area contributed by atoms with E-state index in [-0.39, 0.29) is 12.1 Å². The first kappa shape index (κ1) is 21.4. The normalized spacial score (nSPS) is 16.6. The Bertz CT molecular complexity index is 857. The molecule has 0 radical (unpaired) electrons. The molecule has 0 N–H and O–H groups in total. The predicted molar refractivity (Wildman–Crippen MR) is 109 cm³/mol. The van der Waals surface area contributed by atoms with E-state index < -0.39 is 17.5 Å². The number of likely N-dealkylation sites (tertiary alicyclic amines) is 1. The molecule has 1 fully saturated rings. The molecular weight excluding hydrogens is 397 g/mol. The maximum Gasteiger partial charge on any atom is 0.410 e. The number of benzene rings is 1. The maximum absolute atomic E-state index is 14.2. The van der Waals surface area contributed by atoms with Gasteiger partial charge in [-0.25, -0.2) is 13.9 Å². The molecule has 1 aromatic heterocycles. The van der Waals surface area contributed by atoms with Crippen LogP contribution in [0, 0.1) is 5.82 Å². The first-order valence-electron chi connectivity index (χ1n) is 9.77. The lowest BCUT2D eigenvalue weighted by Gasteiger charge is -2.34. The number of hydrogen-bond donors (Lipinski definition) is 0. The van der Waals surface area contributed by atoms with Crippen LogP contribution in [0.15, 0.2) is 30.5 Å². The molecule has 8 heteroatoms. The minimum atomic E-state index is -0.510. The highest BCUT2D eigenvalue weighted by atomic mass is 35.5. The van der Waals surface area contributed by atoms with E-state index in [1.165, 1.54) is 6.07 Å². The van der Waals surface area contributed by atoms with Gasteiger partial charge in [0.1, 0.15) is 17.5 Å². The Hall–Kier alpha value is -2.28. The molecule has 158 valence electrons. The SMILES string of the molecule is CC(Oc1ccnn1C1CCN(C(=O)OC(C)(C)C)CC1)c1ccc(Cl)cc1F. The van der Waals surface area contributed by atoms with Gasteiger partial charge in [0.05, 0.1) is 12.2 Å². The van der Waals surface area contributed by atoms with Crippen LogP contribution in [0.25, 0.3) is 0 Å². The van der Waals surface area contributed by atoms with Crippen molar-refractivity contribution in [1.82, 2.24) is 14.7 Å². The summed E-state index contributed by atoms with van der Waals surface area (Å²) in [5.41, 5.74) is -0.0776. The number of amides is 1. The van der Waals surface area contributed by atoms with Crippen molar-refractivity contribution in [2.45, 2.75) is 58.3 Å². The van der Waals surface area contributed by atoms with Gasteiger partial charge in [-0.2, -0.15) is 5.10 Å². The van der Waals surface area contributed by atoms with Crippen LogP contribution in [-0.2, 0) is 4.74 Å². The summed E-state index contributed by atoms with van der Waals surface area (Å²) in [5, 5.41) is 4.74. The minimum Gasteiger partial charge on any atom is -0.470 e.